The van der Waals surface area contributed by atoms with Crippen LogP contribution in [-0.2, 0) is 0 Å². The number of benzene rings is 1. The van der Waals surface area contributed by atoms with Gasteiger partial charge in [-0.3, -0.25) is 0 Å². The lowest BCUT2D eigenvalue weighted by molar-refractivity contribution is 0.555. The maximum Gasteiger partial charge on any atom is 0.126 e. The van der Waals surface area contributed by atoms with E-state index in [1.54, 1.807) is 0 Å². The van der Waals surface area contributed by atoms with Crippen LogP contribution in [0, 0.1) is 23.0 Å². The van der Waals surface area contributed by atoms with Crippen molar-refractivity contribution in [2.75, 3.05) is 6.54 Å². The molecule has 0 aromatic heterocycles. The summed E-state index contributed by atoms with van der Waals surface area (Å²) in [6.07, 6.45) is 0. The first-order valence-electron chi connectivity index (χ1n) is 5.13. The molecular formula is C12H15F2N. The molecule has 1 fully saturated rings. The first-order valence-corrected chi connectivity index (χ1v) is 5.13. The average molecular weight is 211 g/mol. The van der Waals surface area contributed by atoms with Crippen molar-refractivity contribution in [3.05, 3.63) is 35.4 Å². The minimum absolute atomic E-state index is 0.0645. The minimum atomic E-state index is -0.511. The Morgan fingerprint density at radius 2 is 1.73 bits per heavy atom. The smallest absolute Gasteiger partial charge is 0.126 e. The summed E-state index contributed by atoms with van der Waals surface area (Å²) in [5.41, 5.74) is 6.42. The summed E-state index contributed by atoms with van der Waals surface area (Å²) in [5, 5.41) is 0. The van der Waals surface area contributed by atoms with Crippen molar-refractivity contribution in [3.8, 4) is 0 Å². The zero-order chi connectivity index (χ0) is 11.2. The highest BCUT2D eigenvalue weighted by Gasteiger charge is 2.57. The van der Waals surface area contributed by atoms with E-state index >= 15 is 0 Å². The summed E-state index contributed by atoms with van der Waals surface area (Å²) in [5.74, 6) is -0.502. The molecule has 0 amide bonds. The van der Waals surface area contributed by atoms with Gasteiger partial charge in [0.05, 0.1) is 0 Å². The van der Waals surface area contributed by atoms with Crippen molar-refractivity contribution in [3.63, 3.8) is 0 Å². The molecule has 0 aliphatic heterocycles. The normalized spacial score (nSPS) is 27.8. The molecule has 1 aromatic carbocycles. The molecule has 1 aliphatic carbocycles. The summed E-state index contributed by atoms with van der Waals surface area (Å²) in [4.78, 5) is 0. The minimum Gasteiger partial charge on any atom is -0.330 e. The van der Waals surface area contributed by atoms with Crippen molar-refractivity contribution >= 4 is 0 Å². The summed E-state index contributed by atoms with van der Waals surface area (Å²) in [6.45, 7) is 4.73. The van der Waals surface area contributed by atoms with E-state index in [0.717, 1.165) is 11.6 Å². The Kier molecular flexibility index (Phi) is 2.30. The van der Waals surface area contributed by atoms with Crippen LogP contribution in [0.3, 0.4) is 0 Å². The van der Waals surface area contributed by atoms with E-state index < -0.39 is 11.6 Å². The van der Waals surface area contributed by atoms with Crippen LogP contribution in [0.15, 0.2) is 18.2 Å². The summed E-state index contributed by atoms with van der Waals surface area (Å²) >= 11 is 0. The van der Waals surface area contributed by atoms with E-state index in [-0.39, 0.29) is 11.3 Å². The van der Waals surface area contributed by atoms with Crippen LogP contribution in [0.2, 0.25) is 0 Å². The lowest BCUT2D eigenvalue weighted by Crippen LogP contribution is -2.05. The largest absolute Gasteiger partial charge is 0.330 e. The predicted octanol–water partition coefficient (Wildman–Crippen LogP) is 2.66. The first-order chi connectivity index (χ1) is 6.96. The molecule has 2 N–H and O–H groups in total. The Hall–Kier alpha value is -0.960. The molecule has 0 radical (unpaired) electrons. The van der Waals surface area contributed by atoms with Crippen LogP contribution in [-0.4, -0.2) is 6.54 Å². The second-order valence-corrected chi connectivity index (χ2v) is 4.84. The molecule has 2 rings (SSSR count). The molecule has 1 aliphatic rings. The van der Waals surface area contributed by atoms with E-state index in [4.69, 9.17) is 5.73 Å². The lowest BCUT2D eigenvalue weighted by atomic mass is 10.0. The zero-order valence-corrected chi connectivity index (χ0v) is 8.93. The summed E-state index contributed by atoms with van der Waals surface area (Å²) < 4.78 is 26.1. The third-order valence-corrected chi connectivity index (χ3v) is 3.55. The molecule has 1 nitrogen and oxygen atoms in total. The Bertz CT molecular complexity index is 367. The Morgan fingerprint density at radius 1 is 1.20 bits per heavy atom. The SMILES string of the molecule is CC1(C)[C@@H](CN)[C@@H]1c1cc(F)cc(F)c1. The van der Waals surface area contributed by atoms with Crippen molar-refractivity contribution in [2.45, 2.75) is 19.8 Å². The third-order valence-electron chi connectivity index (χ3n) is 3.55. The molecule has 0 spiro atoms. The fourth-order valence-electron chi connectivity index (χ4n) is 2.60. The number of hydrogen-bond acceptors (Lipinski definition) is 1. The van der Waals surface area contributed by atoms with Crippen LogP contribution in [0.4, 0.5) is 8.78 Å². The monoisotopic (exact) mass is 211 g/mol. The van der Waals surface area contributed by atoms with Crippen LogP contribution in [0.25, 0.3) is 0 Å². The van der Waals surface area contributed by atoms with Gasteiger partial charge in [-0.15, -0.1) is 0 Å². The van der Waals surface area contributed by atoms with Crippen LogP contribution in [0.5, 0.6) is 0 Å². The molecule has 0 unspecified atom stereocenters. The predicted molar refractivity (Wildman–Crippen MR) is 55.4 cm³/mol. The summed E-state index contributed by atoms with van der Waals surface area (Å²) in [6, 6.07) is 3.71. The first kappa shape index (κ1) is 10.6. The van der Waals surface area contributed by atoms with Gasteiger partial charge in [0, 0.05) is 6.07 Å². The van der Waals surface area contributed by atoms with Crippen LogP contribution in [0.1, 0.15) is 25.3 Å². The maximum absolute atomic E-state index is 13.0. The van der Waals surface area contributed by atoms with E-state index in [1.807, 2.05) is 0 Å². The Morgan fingerprint density at radius 3 is 2.13 bits per heavy atom. The van der Waals surface area contributed by atoms with Crippen LogP contribution >= 0.6 is 0 Å². The highest BCUT2D eigenvalue weighted by atomic mass is 19.1. The van der Waals surface area contributed by atoms with E-state index in [2.05, 4.69) is 13.8 Å². The zero-order valence-electron chi connectivity index (χ0n) is 8.93. The van der Waals surface area contributed by atoms with Crippen molar-refractivity contribution in [1.82, 2.24) is 0 Å². The molecule has 3 heteroatoms. The van der Waals surface area contributed by atoms with Gasteiger partial charge in [-0.1, -0.05) is 13.8 Å². The quantitative estimate of drug-likeness (QED) is 0.799. The molecule has 15 heavy (non-hydrogen) atoms. The Balaban J connectivity index is 2.32. The van der Waals surface area contributed by atoms with Gasteiger partial charge in [0.25, 0.3) is 0 Å². The van der Waals surface area contributed by atoms with Gasteiger partial charge in [-0.2, -0.15) is 0 Å². The van der Waals surface area contributed by atoms with Gasteiger partial charge in [-0.25, -0.2) is 8.78 Å². The topological polar surface area (TPSA) is 26.0 Å². The Labute approximate surface area is 88.3 Å². The highest BCUT2D eigenvalue weighted by Crippen LogP contribution is 2.63. The van der Waals surface area contributed by atoms with E-state index in [0.29, 0.717) is 12.5 Å². The van der Waals surface area contributed by atoms with Crippen molar-refractivity contribution in [1.29, 1.82) is 0 Å². The van der Waals surface area contributed by atoms with Gasteiger partial charge < -0.3 is 5.73 Å². The van der Waals surface area contributed by atoms with E-state index in [1.165, 1.54) is 12.1 Å². The molecule has 2 atom stereocenters. The van der Waals surface area contributed by atoms with Gasteiger partial charge in [-0.05, 0) is 41.5 Å². The maximum atomic E-state index is 13.0. The molecule has 0 bridgehead atoms. The molecular weight excluding hydrogens is 196 g/mol. The number of nitrogens with two attached hydrogens (primary N) is 1. The molecule has 1 saturated carbocycles. The van der Waals surface area contributed by atoms with Crippen LogP contribution < -0.4 is 5.73 Å². The van der Waals surface area contributed by atoms with Crippen molar-refractivity contribution < 1.29 is 8.78 Å². The second kappa shape index (κ2) is 3.27. The van der Waals surface area contributed by atoms with Crippen molar-refractivity contribution in [2.24, 2.45) is 17.1 Å². The molecule has 1 aromatic rings. The fraction of sp³-hybridized carbons (Fsp3) is 0.500. The molecule has 0 heterocycles. The molecule has 82 valence electrons. The van der Waals surface area contributed by atoms with E-state index in [9.17, 15) is 8.78 Å². The highest BCUT2D eigenvalue weighted by molar-refractivity contribution is 5.32. The lowest BCUT2D eigenvalue weighted by Gasteiger charge is -2.03. The fourth-order valence-corrected chi connectivity index (χ4v) is 2.60. The van der Waals surface area contributed by atoms with Gasteiger partial charge >= 0.3 is 0 Å². The molecule has 0 saturated heterocycles. The third kappa shape index (κ3) is 1.65. The van der Waals surface area contributed by atoms with Gasteiger partial charge in [0.15, 0.2) is 0 Å². The van der Waals surface area contributed by atoms with Gasteiger partial charge in [0.1, 0.15) is 11.6 Å². The average Bonchev–Trinajstić information content (AvgIpc) is 2.66. The standard InChI is InChI=1S/C12H15F2N/c1-12(2)10(6-15)11(12)7-3-8(13)5-9(14)4-7/h3-5,10-11H,6,15H2,1-2H3/t10-,11-/m0/s1. The second-order valence-electron chi connectivity index (χ2n) is 4.84. The van der Waals surface area contributed by atoms with Gasteiger partial charge in [0.2, 0.25) is 0 Å². The summed E-state index contributed by atoms with van der Waals surface area (Å²) in [7, 11) is 0. The number of rotatable bonds is 2. The number of hydrogen-bond donors (Lipinski definition) is 1. The number of halogens is 2.